The summed E-state index contributed by atoms with van der Waals surface area (Å²) < 4.78 is 5.37. The lowest BCUT2D eigenvalue weighted by molar-refractivity contribution is -0.129. The number of piperazine rings is 1. The van der Waals surface area contributed by atoms with Crippen molar-refractivity contribution in [1.82, 2.24) is 20.0 Å². The zero-order valence-corrected chi connectivity index (χ0v) is 15.9. The van der Waals surface area contributed by atoms with Crippen molar-refractivity contribution in [1.29, 1.82) is 0 Å². The molecule has 0 bridgehead atoms. The third-order valence-corrected chi connectivity index (χ3v) is 4.18. The number of urea groups is 1. The van der Waals surface area contributed by atoms with Crippen LogP contribution in [0.1, 0.15) is 41.0 Å². The molecule has 8 heteroatoms. The third kappa shape index (κ3) is 5.32. The summed E-state index contributed by atoms with van der Waals surface area (Å²) in [7, 11) is 0. The Hall–Kier alpha value is -1.83. The maximum Gasteiger partial charge on any atom is 0.410 e. The lowest BCUT2D eigenvalue weighted by Gasteiger charge is -2.36. The molecule has 2 aliphatic heterocycles. The molecule has 142 valence electrons. The standard InChI is InChI=1S/C17H30N4O4/c1-12(2)10-13-14(22)21(15(23)18-13)11-19-6-8-20(9-7-19)16(24)25-17(3,4)5/h12-13H,6-11H2,1-5H3,(H,18,23)/t13-/m0/s1. The highest BCUT2D eigenvalue weighted by Gasteiger charge is 2.39. The zero-order valence-electron chi connectivity index (χ0n) is 15.9. The number of nitrogens with zero attached hydrogens (tertiary/aromatic N) is 3. The van der Waals surface area contributed by atoms with Gasteiger partial charge in [-0.05, 0) is 33.1 Å². The number of amides is 4. The summed E-state index contributed by atoms with van der Waals surface area (Å²) in [4.78, 5) is 41.5. The Balaban J connectivity index is 1.83. The minimum Gasteiger partial charge on any atom is -0.444 e. The number of hydrogen-bond acceptors (Lipinski definition) is 5. The highest BCUT2D eigenvalue weighted by Crippen LogP contribution is 2.16. The van der Waals surface area contributed by atoms with Gasteiger partial charge in [0.25, 0.3) is 5.91 Å². The molecule has 0 saturated carbocycles. The molecule has 0 radical (unpaired) electrons. The van der Waals surface area contributed by atoms with E-state index in [1.165, 1.54) is 4.90 Å². The summed E-state index contributed by atoms with van der Waals surface area (Å²) in [6, 6.07) is -0.749. The normalized spacial score (nSPS) is 22.6. The predicted octanol–water partition coefficient (Wildman–Crippen LogP) is 1.46. The molecular weight excluding hydrogens is 324 g/mol. The Morgan fingerprint density at radius 1 is 1.20 bits per heavy atom. The zero-order chi connectivity index (χ0) is 18.8. The van der Waals surface area contributed by atoms with E-state index in [0.29, 0.717) is 38.5 Å². The van der Waals surface area contributed by atoms with Crippen LogP contribution in [0.2, 0.25) is 0 Å². The largest absolute Gasteiger partial charge is 0.444 e. The van der Waals surface area contributed by atoms with Crippen LogP contribution in [0, 0.1) is 5.92 Å². The van der Waals surface area contributed by atoms with Gasteiger partial charge in [0.15, 0.2) is 0 Å². The first-order valence-corrected chi connectivity index (χ1v) is 8.89. The van der Waals surface area contributed by atoms with E-state index in [2.05, 4.69) is 5.32 Å². The van der Waals surface area contributed by atoms with Gasteiger partial charge >= 0.3 is 12.1 Å². The van der Waals surface area contributed by atoms with Crippen LogP contribution >= 0.6 is 0 Å². The van der Waals surface area contributed by atoms with E-state index in [1.807, 2.05) is 39.5 Å². The highest BCUT2D eigenvalue weighted by atomic mass is 16.6. The van der Waals surface area contributed by atoms with Gasteiger partial charge in [-0.1, -0.05) is 13.8 Å². The van der Waals surface area contributed by atoms with E-state index in [4.69, 9.17) is 4.74 Å². The fourth-order valence-electron chi connectivity index (χ4n) is 2.94. The lowest BCUT2D eigenvalue weighted by Crippen LogP contribution is -2.53. The fraction of sp³-hybridized carbons (Fsp3) is 0.824. The lowest BCUT2D eigenvalue weighted by atomic mass is 10.0. The molecule has 0 aromatic rings. The van der Waals surface area contributed by atoms with Gasteiger partial charge in [-0.15, -0.1) is 0 Å². The van der Waals surface area contributed by atoms with E-state index < -0.39 is 11.6 Å². The average Bonchev–Trinajstić information content (AvgIpc) is 2.73. The second-order valence-electron chi connectivity index (χ2n) is 8.12. The highest BCUT2D eigenvalue weighted by molar-refractivity contribution is 6.04. The van der Waals surface area contributed by atoms with Crippen molar-refractivity contribution in [3.05, 3.63) is 0 Å². The molecule has 2 fully saturated rings. The summed E-state index contributed by atoms with van der Waals surface area (Å²) in [5.74, 6) is 0.180. The van der Waals surface area contributed by atoms with Gasteiger partial charge in [0, 0.05) is 26.2 Å². The second-order valence-corrected chi connectivity index (χ2v) is 8.12. The molecule has 0 aliphatic carbocycles. The van der Waals surface area contributed by atoms with Crippen LogP contribution in [0.25, 0.3) is 0 Å². The van der Waals surface area contributed by atoms with E-state index in [0.717, 1.165) is 0 Å². The van der Waals surface area contributed by atoms with Gasteiger partial charge in [0.2, 0.25) is 0 Å². The first-order valence-electron chi connectivity index (χ1n) is 8.89. The quantitative estimate of drug-likeness (QED) is 0.773. The van der Waals surface area contributed by atoms with Crippen LogP contribution in [0.4, 0.5) is 9.59 Å². The van der Waals surface area contributed by atoms with Crippen molar-refractivity contribution in [3.63, 3.8) is 0 Å². The smallest absolute Gasteiger partial charge is 0.410 e. The van der Waals surface area contributed by atoms with Crippen LogP contribution < -0.4 is 5.32 Å². The van der Waals surface area contributed by atoms with Gasteiger partial charge in [0.05, 0.1) is 6.67 Å². The van der Waals surface area contributed by atoms with Crippen molar-refractivity contribution < 1.29 is 19.1 Å². The number of ether oxygens (including phenoxy) is 1. The molecule has 25 heavy (non-hydrogen) atoms. The summed E-state index contributed by atoms with van der Waals surface area (Å²) in [5.41, 5.74) is -0.514. The number of carbonyl (C=O) groups is 3. The number of carbonyl (C=O) groups excluding carboxylic acids is 3. The Bertz CT molecular complexity index is 521. The molecule has 0 spiro atoms. The van der Waals surface area contributed by atoms with E-state index in [-0.39, 0.29) is 24.7 Å². The molecule has 2 saturated heterocycles. The molecule has 4 amide bonds. The molecule has 0 unspecified atom stereocenters. The minimum absolute atomic E-state index is 0.159. The van der Waals surface area contributed by atoms with Gasteiger partial charge in [-0.3, -0.25) is 9.69 Å². The monoisotopic (exact) mass is 354 g/mol. The molecule has 2 heterocycles. The van der Waals surface area contributed by atoms with Crippen molar-refractivity contribution >= 4 is 18.0 Å². The fourth-order valence-corrected chi connectivity index (χ4v) is 2.94. The molecule has 0 aromatic carbocycles. The van der Waals surface area contributed by atoms with Gasteiger partial charge in [0.1, 0.15) is 11.6 Å². The third-order valence-electron chi connectivity index (χ3n) is 4.18. The maximum atomic E-state index is 12.4. The van der Waals surface area contributed by atoms with E-state index >= 15 is 0 Å². The van der Waals surface area contributed by atoms with Crippen LogP contribution in [-0.2, 0) is 9.53 Å². The number of hydrogen-bond donors (Lipinski definition) is 1. The maximum absolute atomic E-state index is 12.4. The first-order chi connectivity index (χ1) is 11.6. The number of nitrogens with one attached hydrogen (secondary N) is 1. The second kappa shape index (κ2) is 7.59. The van der Waals surface area contributed by atoms with Crippen molar-refractivity contribution in [2.75, 3.05) is 32.8 Å². The Morgan fingerprint density at radius 3 is 2.32 bits per heavy atom. The predicted molar refractivity (Wildman–Crippen MR) is 92.9 cm³/mol. The summed E-state index contributed by atoms with van der Waals surface area (Å²) in [6.07, 6.45) is 0.326. The topological polar surface area (TPSA) is 82.2 Å². The van der Waals surface area contributed by atoms with Crippen LogP contribution in [0.5, 0.6) is 0 Å². The molecule has 2 aliphatic rings. The summed E-state index contributed by atoms with van der Waals surface area (Å²) >= 11 is 0. The molecule has 0 aromatic heterocycles. The summed E-state index contributed by atoms with van der Waals surface area (Å²) in [5, 5.41) is 2.75. The number of rotatable bonds is 4. The number of imide groups is 1. The Kier molecular flexibility index (Phi) is 5.92. The minimum atomic E-state index is -0.514. The molecular formula is C17H30N4O4. The first kappa shape index (κ1) is 19.5. The van der Waals surface area contributed by atoms with Crippen LogP contribution in [0.3, 0.4) is 0 Å². The Labute approximate surface area is 149 Å². The van der Waals surface area contributed by atoms with Gasteiger partial charge in [-0.25, -0.2) is 14.5 Å². The van der Waals surface area contributed by atoms with Crippen molar-refractivity contribution in [3.8, 4) is 0 Å². The van der Waals surface area contributed by atoms with Crippen LogP contribution in [-0.4, -0.2) is 77.2 Å². The van der Waals surface area contributed by atoms with Gasteiger partial charge in [-0.2, -0.15) is 0 Å². The molecule has 1 atom stereocenters. The van der Waals surface area contributed by atoms with Crippen molar-refractivity contribution in [2.45, 2.75) is 52.7 Å². The Morgan fingerprint density at radius 2 is 1.80 bits per heavy atom. The van der Waals surface area contributed by atoms with E-state index in [9.17, 15) is 14.4 Å². The van der Waals surface area contributed by atoms with Gasteiger partial charge < -0.3 is 15.0 Å². The molecule has 1 N–H and O–H groups in total. The van der Waals surface area contributed by atoms with Crippen LogP contribution in [0.15, 0.2) is 0 Å². The van der Waals surface area contributed by atoms with Crippen molar-refractivity contribution in [2.24, 2.45) is 5.92 Å². The molecule has 8 nitrogen and oxygen atoms in total. The molecule has 2 rings (SSSR count). The SMILES string of the molecule is CC(C)C[C@@H]1NC(=O)N(CN2CCN(C(=O)OC(C)(C)C)CC2)C1=O. The average molecular weight is 354 g/mol. The van der Waals surface area contributed by atoms with E-state index in [1.54, 1.807) is 4.90 Å². The summed E-state index contributed by atoms with van der Waals surface area (Å²) in [6.45, 7) is 12.1.